The number of anilines is 1. The molecule has 2 aromatic carbocycles. The number of benzene rings is 2. The zero-order valence-electron chi connectivity index (χ0n) is 12.5. The van der Waals surface area contributed by atoms with Gasteiger partial charge < -0.3 is 19.5 Å². The maximum Gasteiger partial charge on any atom is 0.262 e. The van der Waals surface area contributed by atoms with Gasteiger partial charge in [0.2, 0.25) is 0 Å². The van der Waals surface area contributed by atoms with Crippen LogP contribution in [-0.2, 0) is 9.53 Å². The van der Waals surface area contributed by atoms with E-state index in [1.807, 2.05) is 30.3 Å². The largest absolute Gasteiger partial charge is 0.491 e. The van der Waals surface area contributed by atoms with E-state index in [4.69, 9.17) is 14.2 Å². The van der Waals surface area contributed by atoms with Crippen LogP contribution in [0.3, 0.4) is 0 Å². The first-order valence-corrected chi connectivity index (χ1v) is 6.97. The van der Waals surface area contributed by atoms with Gasteiger partial charge in [0.05, 0.1) is 6.61 Å². The molecule has 0 aliphatic rings. The first-order chi connectivity index (χ1) is 10.8. The second kappa shape index (κ2) is 8.69. The van der Waals surface area contributed by atoms with Gasteiger partial charge in [0, 0.05) is 18.9 Å². The Hall–Kier alpha value is -2.53. The van der Waals surface area contributed by atoms with E-state index in [2.05, 4.69) is 5.32 Å². The average Bonchev–Trinajstić information content (AvgIpc) is 2.55. The van der Waals surface area contributed by atoms with Gasteiger partial charge in [-0.05, 0) is 24.3 Å². The Morgan fingerprint density at radius 2 is 1.73 bits per heavy atom. The summed E-state index contributed by atoms with van der Waals surface area (Å²) in [5.41, 5.74) is 0.663. The predicted octanol–water partition coefficient (Wildman–Crippen LogP) is 2.73. The van der Waals surface area contributed by atoms with E-state index in [1.165, 1.54) is 0 Å². The molecule has 0 radical (unpaired) electrons. The van der Waals surface area contributed by atoms with E-state index >= 15 is 0 Å². The minimum absolute atomic E-state index is 0.0429. The second-order valence-corrected chi connectivity index (χ2v) is 4.52. The molecule has 0 bridgehead atoms. The van der Waals surface area contributed by atoms with Crippen LogP contribution in [0.25, 0.3) is 0 Å². The highest BCUT2D eigenvalue weighted by Crippen LogP contribution is 2.17. The highest BCUT2D eigenvalue weighted by molar-refractivity contribution is 5.92. The fourth-order valence-corrected chi connectivity index (χ4v) is 1.77. The molecule has 5 nitrogen and oxygen atoms in total. The van der Waals surface area contributed by atoms with Crippen LogP contribution in [0.4, 0.5) is 5.69 Å². The zero-order valence-corrected chi connectivity index (χ0v) is 12.5. The van der Waals surface area contributed by atoms with Gasteiger partial charge in [0.15, 0.2) is 6.61 Å². The Balaban J connectivity index is 1.82. The lowest BCUT2D eigenvalue weighted by Crippen LogP contribution is -2.20. The van der Waals surface area contributed by atoms with E-state index in [0.717, 1.165) is 0 Å². The number of hydrogen-bond donors (Lipinski definition) is 1. The zero-order chi connectivity index (χ0) is 15.6. The van der Waals surface area contributed by atoms with Crippen molar-refractivity contribution in [3.8, 4) is 11.5 Å². The highest BCUT2D eigenvalue weighted by atomic mass is 16.5. The number of carbonyl (C=O) groups excluding carboxylic acids is 1. The summed E-state index contributed by atoms with van der Waals surface area (Å²) in [5.74, 6) is 1.12. The maximum absolute atomic E-state index is 11.9. The van der Waals surface area contributed by atoms with Crippen molar-refractivity contribution in [2.45, 2.75) is 0 Å². The third-order valence-corrected chi connectivity index (χ3v) is 2.79. The summed E-state index contributed by atoms with van der Waals surface area (Å²) < 4.78 is 15.8. The summed E-state index contributed by atoms with van der Waals surface area (Å²) in [6.45, 7) is 0.936. The van der Waals surface area contributed by atoms with E-state index in [0.29, 0.717) is 30.4 Å². The molecule has 1 amide bonds. The quantitative estimate of drug-likeness (QED) is 0.762. The van der Waals surface area contributed by atoms with E-state index in [1.54, 1.807) is 31.4 Å². The molecule has 0 fully saturated rings. The average molecular weight is 301 g/mol. The molecular formula is C17H19NO4. The van der Waals surface area contributed by atoms with Crippen LogP contribution >= 0.6 is 0 Å². The van der Waals surface area contributed by atoms with Crippen LogP contribution in [0.2, 0.25) is 0 Å². The van der Waals surface area contributed by atoms with Gasteiger partial charge >= 0.3 is 0 Å². The highest BCUT2D eigenvalue weighted by Gasteiger charge is 2.04. The number of amides is 1. The summed E-state index contributed by atoms with van der Waals surface area (Å²) in [5, 5.41) is 2.77. The molecule has 2 aromatic rings. The minimum Gasteiger partial charge on any atom is -0.491 e. The fourth-order valence-electron chi connectivity index (χ4n) is 1.77. The molecule has 5 heteroatoms. The van der Waals surface area contributed by atoms with Crippen molar-refractivity contribution < 1.29 is 19.0 Å². The lowest BCUT2D eigenvalue weighted by Gasteiger charge is -2.09. The Morgan fingerprint density at radius 1 is 0.955 bits per heavy atom. The molecule has 0 aliphatic carbocycles. The minimum atomic E-state index is -0.224. The summed E-state index contributed by atoms with van der Waals surface area (Å²) in [4.78, 5) is 11.9. The van der Waals surface area contributed by atoms with Gasteiger partial charge in [-0.1, -0.05) is 24.3 Å². The number of carbonyl (C=O) groups is 1. The van der Waals surface area contributed by atoms with Gasteiger partial charge in [-0.25, -0.2) is 0 Å². The molecule has 0 saturated heterocycles. The van der Waals surface area contributed by atoms with Crippen molar-refractivity contribution in [2.24, 2.45) is 0 Å². The SMILES string of the molecule is COCCOc1cccc(NC(=O)COc2ccccc2)c1. The van der Waals surface area contributed by atoms with Gasteiger partial charge in [-0.15, -0.1) is 0 Å². The van der Waals surface area contributed by atoms with Crippen molar-refractivity contribution in [2.75, 3.05) is 32.2 Å². The number of ether oxygens (including phenoxy) is 3. The summed E-state index contributed by atoms with van der Waals surface area (Å²) in [6.07, 6.45) is 0. The van der Waals surface area contributed by atoms with Crippen LogP contribution in [0.5, 0.6) is 11.5 Å². The van der Waals surface area contributed by atoms with Crippen molar-refractivity contribution in [3.63, 3.8) is 0 Å². The van der Waals surface area contributed by atoms with Crippen LogP contribution in [0.1, 0.15) is 0 Å². The summed E-state index contributed by atoms with van der Waals surface area (Å²) in [7, 11) is 1.62. The smallest absolute Gasteiger partial charge is 0.262 e. The van der Waals surface area contributed by atoms with Crippen molar-refractivity contribution in [3.05, 3.63) is 54.6 Å². The molecule has 0 spiro atoms. The maximum atomic E-state index is 11.9. The Labute approximate surface area is 129 Å². The normalized spacial score (nSPS) is 10.0. The Bertz CT molecular complexity index is 586. The molecule has 0 unspecified atom stereocenters. The van der Waals surface area contributed by atoms with Crippen LogP contribution < -0.4 is 14.8 Å². The van der Waals surface area contributed by atoms with E-state index in [9.17, 15) is 4.79 Å². The molecule has 116 valence electrons. The molecular weight excluding hydrogens is 282 g/mol. The molecule has 0 heterocycles. The lowest BCUT2D eigenvalue weighted by atomic mass is 10.3. The molecule has 0 atom stereocenters. The first-order valence-electron chi connectivity index (χ1n) is 6.97. The number of para-hydroxylation sites is 1. The monoisotopic (exact) mass is 301 g/mol. The van der Waals surface area contributed by atoms with Gasteiger partial charge in [-0.3, -0.25) is 4.79 Å². The molecule has 22 heavy (non-hydrogen) atoms. The van der Waals surface area contributed by atoms with Crippen molar-refractivity contribution in [1.29, 1.82) is 0 Å². The summed E-state index contributed by atoms with van der Waals surface area (Å²) >= 11 is 0. The van der Waals surface area contributed by atoms with Gasteiger partial charge in [-0.2, -0.15) is 0 Å². The Morgan fingerprint density at radius 3 is 2.50 bits per heavy atom. The molecule has 0 aromatic heterocycles. The Kier molecular flexibility index (Phi) is 6.26. The second-order valence-electron chi connectivity index (χ2n) is 4.52. The van der Waals surface area contributed by atoms with Gasteiger partial charge in [0.25, 0.3) is 5.91 Å². The summed E-state index contributed by atoms with van der Waals surface area (Å²) in [6, 6.07) is 16.4. The third-order valence-electron chi connectivity index (χ3n) is 2.79. The molecule has 0 aliphatic heterocycles. The van der Waals surface area contributed by atoms with E-state index < -0.39 is 0 Å². The number of nitrogens with one attached hydrogen (secondary N) is 1. The van der Waals surface area contributed by atoms with Crippen molar-refractivity contribution >= 4 is 11.6 Å². The van der Waals surface area contributed by atoms with Crippen LogP contribution in [-0.4, -0.2) is 32.8 Å². The van der Waals surface area contributed by atoms with Crippen LogP contribution in [0.15, 0.2) is 54.6 Å². The molecule has 1 N–H and O–H groups in total. The number of rotatable bonds is 8. The topological polar surface area (TPSA) is 56.8 Å². The molecule has 0 saturated carbocycles. The van der Waals surface area contributed by atoms with Crippen LogP contribution in [0, 0.1) is 0 Å². The van der Waals surface area contributed by atoms with Gasteiger partial charge in [0.1, 0.15) is 18.1 Å². The van der Waals surface area contributed by atoms with E-state index in [-0.39, 0.29) is 12.5 Å². The number of methoxy groups -OCH3 is 1. The standard InChI is InChI=1S/C17H19NO4/c1-20-10-11-21-16-9-5-6-14(12-16)18-17(19)13-22-15-7-3-2-4-8-15/h2-9,12H,10-11,13H2,1H3,(H,18,19). The van der Waals surface area contributed by atoms with Crippen molar-refractivity contribution in [1.82, 2.24) is 0 Å². The lowest BCUT2D eigenvalue weighted by molar-refractivity contribution is -0.118. The first kappa shape index (κ1) is 15.9. The molecule has 2 rings (SSSR count). The predicted molar refractivity (Wildman–Crippen MR) is 84.4 cm³/mol. The number of hydrogen-bond acceptors (Lipinski definition) is 4. The fraction of sp³-hybridized carbons (Fsp3) is 0.235. The third kappa shape index (κ3) is 5.46.